The van der Waals surface area contributed by atoms with Gasteiger partial charge in [-0.05, 0) is 42.8 Å². The van der Waals surface area contributed by atoms with E-state index in [0.717, 1.165) is 11.1 Å². The SMILES string of the molecule is CC(C=CC(=O)c1ccc(O)cc1)=Cc1ccccc1. The maximum absolute atomic E-state index is 11.9. The number of phenols is 1. The van der Waals surface area contributed by atoms with Crippen LogP contribution in [0.2, 0.25) is 0 Å². The van der Waals surface area contributed by atoms with Gasteiger partial charge in [0.25, 0.3) is 0 Å². The van der Waals surface area contributed by atoms with Crippen molar-refractivity contribution in [3.05, 3.63) is 83.4 Å². The van der Waals surface area contributed by atoms with Gasteiger partial charge < -0.3 is 5.11 Å². The maximum atomic E-state index is 11.9. The molecular weight excluding hydrogens is 248 g/mol. The lowest BCUT2D eigenvalue weighted by molar-refractivity contribution is 0.104. The molecule has 0 aliphatic rings. The van der Waals surface area contributed by atoms with E-state index in [4.69, 9.17) is 0 Å². The highest BCUT2D eigenvalue weighted by Crippen LogP contribution is 2.11. The van der Waals surface area contributed by atoms with E-state index in [-0.39, 0.29) is 11.5 Å². The van der Waals surface area contributed by atoms with Gasteiger partial charge in [0.05, 0.1) is 0 Å². The number of phenolic OH excluding ortho intramolecular Hbond substituents is 1. The van der Waals surface area contributed by atoms with Gasteiger partial charge in [0, 0.05) is 5.56 Å². The Morgan fingerprint density at radius 2 is 1.60 bits per heavy atom. The molecule has 20 heavy (non-hydrogen) atoms. The molecule has 0 aromatic heterocycles. The quantitative estimate of drug-likeness (QED) is 0.509. The highest BCUT2D eigenvalue weighted by molar-refractivity contribution is 6.04. The molecule has 2 aromatic rings. The Bertz CT molecular complexity index is 635. The number of carbonyl (C=O) groups excluding carboxylic acids is 1. The summed E-state index contributed by atoms with van der Waals surface area (Å²) in [4.78, 5) is 11.9. The van der Waals surface area contributed by atoms with Crippen molar-refractivity contribution in [3.8, 4) is 5.75 Å². The molecule has 0 fully saturated rings. The van der Waals surface area contributed by atoms with E-state index in [1.54, 1.807) is 24.3 Å². The molecule has 2 nitrogen and oxygen atoms in total. The molecule has 0 spiro atoms. The standard InChI is InChI=1S/C18H16O2/c1-14(13-15-5-3-2-4-6-15)7-12-18(20)16-8-10-17(19)11-9-16/h2-13,19H,1H3. The summed E-state index contributed by atoms with van der Waals surface area (Å²) in [5, 5.41) is 9.18. The average Bonchev–Trinajstić information content (AvgIpc) is 2.46. The molecule has 0 aliphatic carbocycles. The normalized spacial score (nSPS) is 11.8. The number of ketones is 1. The lowest BCUT2D eigenvalue weighted by Crippen LogP contribution is -1.93. The molecule has 2 rings (SSSR count). The van der Waals surface area contributed by atoms with Gasteiger partial charge in [-0.15, -0.1) is 0 Å². The summed E-state index contributed by atoms with van der Waals surface area (Å²) >= 11 is 0. The first-order valence-electron chi connectivity index (χ1n) is 6.40. The molecule has 0 heterocycles. The number of allylic oxidation sites excluding steroid dienone is 3. The average molecular weight is 264 g/mol. The van der Waals surface area contributed by atoms with Gasteiger partial charge in [-0.3, -0.25) is 4.79 Å². The van der Waals surface area contributed by atoms with E-state index in [1.807, 2.05) is 43.3 Å². The van der Waals surface area contributed by atoms with Crippen molar-refractivity contribution in [2.75, 3.05) is 0 Å². The second kappa shape index (κ2) is 6.53. The molecule has 0 saturated carbocycles. The predicted octanol–water partition coefficient (Wildman–Crippen LogP) is 4.23. The lowest BCUT2D eigenvalue weighted by Gasteiger charge is -1.97. The summed E-state index contributed by atoms with van der Waals surface area (Å²) in [6, 6.07) is 16.2. The summed E-state index contributed by atoms with van der Waals surface area (Å²) in [6.07, 6.45) is 5.35. The van der Waals surface area contributed by atoms with Gasteiger partial charge in [0.1, 0.15) is 5.75 Å². The maximum Gasteiger partial charge on any atom is 0.185 e. The smallest absolute Gasteiger partial charge is 0.185 e. The van der Waals surface area contributed by atoms with Gasteiger partial charge >= 0.3 is 0 Å². The van der Waals surface area contributed by atoms with E-state index in [2.05, 4.69) is 0 Å². The Labute approximate surface area is 118 Å². The van der Waals surface area contributed by atoms with E-state index in [0.29, 0.717) is 5.56 Å². The van der Waals surface area contributed by atoms with Crippen molar-refractivity contribution >= 4 is 11.9 Å². The predicted molar refractivity (Wildman–Crippen MR) is 81.7 cm³/mol. The van der Waals surface area contributed by atoms with Gasteiger partial charge in [-0.25, -0.2) is 0 Å². The van der Waals surface area contributed by atoms with Crippen LogP contribution in [0.4, 0.5) is 0 Å². The fraction of sp³-hybridized carbons (Fsp3) is 0.0556. The van der Waals surface area contributed by atoms with E-state index < -0.39 is 0 Å². The highest BCUT2D eigenvalue weighted by Gasteiger charge is 2.00. The lowest BCUT2D eigenvalue weighted by atomic mass is 10.1. The highest BCUT2D eigenvalue weighted by atomic mass is 16.3. The third-order valence-electron chi connectivity index (χ3n) is 2.84. The third-order valence-corrected chi connectivity index (χ3v) is 2.84. The van der Waals surface area contributed by atoms with Crippen molar-refractivity contribution in [2.24, 2.45) is 0 Å². The number of rotatable bonds is 4. The molecule has 0 unspecified atom stereocenters. The van der Waals surface area contributed by atoms with Crippen LogP contribution >= 0.6 is 0 Å². The Balaban J connectivity index is 2.07. The first-order chi connectivity index (χ1) is 9.65. The number of hydrogen-bond acceptors (Lipinski definition) is 2. The van der Waals surface area contributed by atoms with Crippen LogP contribution in [0.5, 0.6) is 5.75 Å². The second-order valence-corrected chi connectivity index (χ2v) is 4.54. The largest absolute Gasteiger partial charge is 0.508 e. The molecule has 0 bridgehead atoms. The molecular formula is C18H16O2. The first kappa shape index (κ1) is 13.8. The third kappa shape index (κ3) is 3.95. The number of hydrogen-bond donors (Lipinski definition) is 1. The summed E-state index contributed by atoms with van der Waals surface area (Å²) in [5.74, 6) is 0.0801. The van der Waals surface area contributed by atoms with E-state index in [9.17, 15) is 9.90 Å². The van der Waals surface area contributed by atoms with Crippen LogP contribution in [0, 0.1) is 0 Å². The Morgan fingerprint density at radius 3 is 2.25 bits per heavy atom. The zero-order valence-corrected chi connectivity index (χ0v) is 11.3. The summed E-state index contributed by atoms with van der Waals surface area (Å²) < 4.78 is 0. The minimum atomic E-state index is -0.0780. The molecule has 0 amide bonds. The topological polar surface area (TPSA) is 37.3 Å². The minimum absolute atomic E-state index is 0.0780. The fourth-order valence-electron chi connectivity index (χ4n) is 1.79. The monoisotopic (exact) mass is 264 g/mol. The number of aromatic hydroxyl groups is 1. The van der Waals surface area contributed by atoms with Crippen LogP contribution < -0.4 is 0 Å². The van der Waals surface area contributed by atoms with Gasteiger partial charge in [-0.1, -0.05) is 48.1 Å². The Hall–Kier alpha value is -2.61. The van der Waals surface area contributed by atoms with Crippen molar-refractivity contribution in [3.63, 3.8) is 0 Å². The minimum Gasteiger partial charge on any atom is -0.508 e. The second-order valence-electron chi connectivity index (χ2n) is 4.54. The number of carbonyl (C=O) groups is 1. The molecule has 0 atom stereocenters. The van der Waals surface area contributed by atoms with Crippen LogP contribution in [0.15, 0.2) is 72.3 Å². The molecule has 0 saturated heterocycles. The Morgan fingerprint density at radius 1 is 0.950 bits per heavy atom. The van der Waals surface area contributed by atoms with Gasteiger partial charge in [0.15, 0.2) is 5.78 Å². The van der Waals surface area contributed by atoms with Crippen molar-refractivity contribution in [2.45, 2.75) is 6.92 Å². The van der Waals surface area contributed by atoms with Crippen LogP contribution in [-0.2, 0) is 0 Å². The molecule has 1 N–H and O–H groups in total. The van der Waals surface area contributed by atoms with Crippen molar-refractivity contribution < 1.29 is 9.90 Å². The zero-order valence-electron chi connectivity index (χ0n) is 11.3. The fourth-order valence-corrected chi connectivity index (χ4v) is 1.79. The number of benzene rings is 2. The van der Waals surface area contributed by atoms with Gasteiger partial charge in [0.2, 0.25) is 0 Å². The zero-order chi connectivity index (χ0) is 14.4. The van der Waals surface area contributed by atoms with E-state index >= 15 is 0 Å². The van der Waals surface area contributed by atoms with Crippen LogP contribution in [0.25, 0.3) is 6.08 Å². The van der Waals surface area contributed by atoms with Gasteiger partial charge in [-0.2, -0.15) is 0 Å². The van der Waals surface area contributed by atoms with Crippen LogP contribution in [0.1, 0.15) is 22.8 Å². The van der Waals surface area contributed by atoms with Crippen molar-refractivity contribution in [1.29, 1.82) is 0 Å². The molecule has 0 radical (unpaired) electrons. The summed E-state index contributed by atoms with van der Waals surface area (Å²) in [6.45, 7) is 1.95. The van der Waals surface area contributed by atoms with Crippen LogP contribution in [0.3, 0.4) is 0 Å². The van der Waals surface area contributed by atoms with Crippen LogP contribution in [-0.4, -0.2) is 10.9 Å². The summed E-state index contributed by atoms with van der Waals surface area (Å²) in [7, 11) is 0. The summed E-state index contributed by atoms with van der Waals surface area (Å²) in [5.41, 5.74) is 2.67. The molecule has 2 aromatic carbocycles. The van der Waals surface area contributed by atoms with E-state index in [1.165, 1.54) is 12.1 Å². The molecule has 100 valence electrons. The molecule has 2 heteroatoms. The van der Waals surface area contributed by atoms with Crippen molar-refractivity contribution in [1.82, 2.24) is 0 Å². The molecule has 0 aliphatic heterocycles. The first-order valence-corrected chi connectivity index (χ1v) is 6.40. The Kier molecular flexibility index (Phi) is 4.51.